The molecular formula is C10H9Cl2N5OS. The normalized spacial score (nSPS) is 10.8. The molecule has 6 nitrogen and oxygen atoms in total. The van der Waals surface area contributed by atoms with Crippen molar-refractivity contribution in [3.63, 3.8) is 0 Å². The molecule has 0 saturated carbocycles. The molecule has 0 aromatic carbocycles. The molecule has 0 aliphatic heterocycles. The molecule has 19 heavy (non-hydrogen) atoms. The Hall–Kier alpha value is -1.31. The first kappa shape index (κ1) is 14.1. The van der Waals surface area contributed by atoms with Gasteiger partial charge in [-0.1, -0.05) is 41.5 Å². The Morgan fingerprint density at radius 2 is 1.95 bits per heavy atom. The average Bonchev–Trinajstić information content (AvgIpc) is 2.83. The van der Waals surface area contributed by atoms with Gasteiger partial charge in [-0.2, -0.15) is 0 Å². The van der Waals surface area contributed by atoms with E-state index in [-0.39, 0.29) is 27.8 Å². The molecule has 1 N–H and O–H groups in total. The van der Waals surface area contributed by atoms with Crippen LogP contribution < -0.4 is 5.32 Å². The van der Waals surface area contributed by atoms with Crippen molar-refractivity contribution < 1.29 is 4.79 Å². The van der Waals surface area contributed by atoms with Crippen LogP contribution in [-0.2, 0) is 0 Å². The zero-order valence-electron chi connectivity index (χ0n) is 10.0. The van der Waals surface area contributed by atoms with Gasteiger partial charge in [0.1, 0.15) is 16.9 Å². The predicted octanol–water partition coefficient (Wildman–Crippen LogP) is 3.01. The molecule has 100 valence electrons. The summed E-state index contributed by atoms with van der Waals surface area (Å²) in [6.07, 6.45) is 1.22. The Labute approximate surface area is 123 Å². The summed E-state index contributed by atoms with van der Waals surface area (Å²) in [7, 11) is 0. The first-order valence-electron chi connectivity index (χ1n) is 5.30. The van der Waals surface area contributed by atoms with Crippen molar-refractivity contribution in [2.45, 2.75) is 19.8 Å². The Bertz CT molecular complexity index is 595. The monoisotopic (exact) mass is 317 g/mol. The maximum atomic E-state index is 12.2. The predicted molar refractivity (Wildman–Crippen MR) is 74.0 cm³/mol. The lowest BCUT2D eigenvalue weighted by Gasteiger charge is -2.07. The van der Waals surface area contributed by atoms with Gasteiger partial charge in [0.05, 0.1) is 5.69 Å². The lowest BCUT2D eigenvalue weighted by atomic mass is 10.1. The van der Waals surface area contributed by atoms with Crippen LogP contribution in [0.4, 0.5) is 5.69 Å². The number of aromatic nitrogens is 4. The van der Waals surface area contributed by atoms with Crippen molar-refractivity contribution in [2.75, 3.05) is 5.32 Å². The van der Waals surface area contributed by atoms with Crippen molar-refractivity contribution in [1.29, 1.82) is 0 Å². The van der Waals surface area contributed by atoms with Crippen LogP contribution in [0.1, 0.15) is 35.1 Å². The number of hydrogen-bond acceptors (Lipinski definition) is 6. The van der Waals surface area contributed by atoms with E-state index < -0.39 is 0 Å². The lowest BCUT2D eigenvalue weighted by molar-refractivity contribution is 0.102. The van der Waals surface area contributed by atoms with E-state index in [0.29, 0.717) is 10.6 Å². The standard InChI is InChI=1S/C10H9Cl2N5OS/c1-4(2)5-7(19-17-16-5)10(18)15-6-8(11)13-3-14-9(6)12/h3-4H,1-2H3,(H,15,18). The molecule has 0 aliphatic rings. The molecule has 0 unspecified atom stereocenters. The molecule has 0 spiro atoms. The van der Waals surface area contributed by atoms with E-state index in [1.165, 1.54) is 6.33 Å². The van der Waals surface area contributed by atoms with Crippen LogP contribution in [0.5, 0.6) is 0 Å². The van der Waals surface area contributed by atoms with Gasteiger partial charge in [-0.3, -0.25) is 4.79 Å². The Morgan fingerprint density at radius 3 is 2.53 bits per heavy atom. The van der Waals surface area contributed by atoms with Crippen LogP contribution in [0.15, 0.2) is 6.33 Å². The van der Waals surface area contributed by atoms with Crippen molar-refractivity contribution in [2.24, 2.45) is 0 Å². The van der Waals surface area contributed by atoms with Crippen molar-refractivity contribution in [1.82, 2.24) is 19.6 Å². The summed E-state index contributed by atoms with van der Waals surface area (Å²) >= 11 is 12.7. The Balaban J connectivity index is 2.29. The number of carbonyl (C=O) groups excluding carboxylic acids is 1. The van der Waals surface area contributed by atoms with Crippen LogP contribution in [0.3, 0.4) is 0 Å². The number of nitrogens with zero attached hydrogens (tertiary/aromatic N) is 4. The Morgan fingerprint density at radius 1 is 1.32 bits per heavy atom. The molecule has 0 bridgehead atoms. The highest BCUT2D eigenvalue weighted by Gasteiger charge is 2.21. The first-order chi connectivity index (χ1) is 9.00. The minimum Gasteiger partial charge on any atom is -0.316 e. The van der Waals surface area contributed by atoms with Crippen molar-refractivity contribution >= 4 is 46.3 Å². The summed E-state index contributed by atoms with van der Waals surface area (Å²) in [6, 6.07) is 0. The third-order valence-corrected chi connectivity index (χ3v) is 3.57. The van der Waals surface area contributed by atoms with Crippen molar-refractivity contribution in [3.8, 4) is 0 Å². The van der Waals surface area contributed by atoms with Crippen LogP contribution in [0.25, 0.3) is 0 Å². The summed E-state index contributed by atoms with van der Waals surface area (Å²) in [5.41, 5.74) is 0.811. The van der Waals surface area contributed by atoms with E-state index in [1.54, 1.807) is 0 Å². The Kier molecular flexibility index (Phi) is 4.28. The van der Waals surface area contributed by atoms with E-state index in [9.17, 15) is 4.79 Å². The van der Waals surface area contributed by atoms with Gasteiger partial charge in [-0.05, 0) is 17.5 Å². The topological polar surface area (TPSA) is 80.7 Å². The number of nitrogens with one attached hydrogen (secondary N) is 1. The van der Waals surface area contributed by atoms with Gasteiger partial charge in [-0.25, -0.2) is 9.97 Å². The molecule has 0 aliphatic carbocycles. The third-order valence-electron chi connectivity index (χ3n) is 2.26. The second-order valence-electron chi connectivity index (χ2n) is 3.93. The highest BCUT2D eigenvalue weighted by molar-refractivity contribution is 7.08. The van der Waals surface area contributed by atoms with Gasteiger partial charge in [0.2, 0.25) is 0 Å². The lowest BCUT2D eigenvalue weighted by Crippen LogP contribution is -2.14. The molecule has 2 rings (SSSR count). The smallest absolute Gasteiger partial charge is 0.269 e. The second kappa shape index (κ2) is 5.77. The maximum Gasteiger partial charge on any atom is 0.269 e. The number of amides is 1. The number of carbonyl (C=O) groups is 1. The molecule has 1 amide bonds. The van der Waals surface area contributed by atoms with E-state index in [2.05, 4.69) is 24.9 Å². The number of hydrogen-bond donors (Lipinski definition) is 1. The first-order valence-corrected chi connectivity index (χ1v) is 6.83. The summed E-state index contributed by atoms with van der Waals surface area (Å²) in [5, 5.41) is 6.67. The van der Waals surface area contributed by atoms with E-state index >= 15 is 0 Å². The maximum absolute atomic E-state index is 12.2. The fourth-order valence-corrected chi connectivity index (χ4v) is 2.47. The quantitative estimate of drug-likeness (QED) is 0.880. The molecule has 2 aromatic rings. The van der Waals surface area contributed by atoms with Crippen LogP contribution >= 0.6 is 34.7 Å². The fraction of sp³-hybridized carbons (Fsp3) is 0.300. The third kappa shape index (κ3) is 2.99. The molecule has 2 aromatic heterocycles. The minimum atomic E-state index is -0.377. The van der Waals surface area contributed by atoms with Gasteiger partial charge < -0.3 is 5.32 Å². The zero-order chi connectivity index (χ0) is 14.0. The summed E-state index contributed by atoms with van der Waals surface area (Å²) in [5.74, 6) is -0.283. The molecule has 2 heterocycles. The molecule has 0 fully saturated rings. The number of halogens is 2. The molecule has 0 atom stereocenters. The molecule has 0 radical (unpaired) electrons. The molecule has 9 heteroatoms. The van der Waals surface area contributed by atoms with Gasteiger partial charge in [-0.15, -0.1) is 5.10 Å². The molecular weight excluding hydrogens is 309 g/mol. The van der Waals surface area contributed by atoms with Gasteiger partial charge in [0.25, 0.3) is 5.91 Å². The summed E-state index contributed by atoms with van der Waals surface area (Å²) in [6.45, 7) is 3.86. The summed E-state index contributed by atoms with van der Waals surface area (Å²) < 4.78 is 3.78. The summed E-state index contributed by atoms with van der Waals surface area (Å²) in [4.78, 5) is 20.1. The highest BCUT2D eigenvalue weighted by Crippen LogP contribution is 2.27. The fourth-order valence-electron chi connectivity index (χ4n) is 1.35. The largest absolute Gasteiger partial charge is 0.316 e. The van der Waals surface area contributed by atoms with Crippen LogP contribution in [0, 0.1) is 0 Å². The SMILES string of the molecule is CC(C)c1nnsc1C(=O)Nc1c(Cl)ncnc1Cl. The number of rotatable bonds is 3. The minimum absolute atomic E-state index is 0.0805. The van der Waals surface area contributed by atoms with Gasteiger partial charge in [0.15, 0.2) is 10.3 Å². The van der Waals surface area contributed by atoms with Crippen molar-refractivity contribution in [3.05, 3.63) is 27.2 Å². The average molecular weight is 318 g/mol. The number of anilines is 1. The van der Waals surface area contributed by atoms with E-state index in [0.717, 1.165) is 11.5 Å². The molecule has 0 saturated heterocycles. The second-order valence-corrected chi connectivity index (χ2v) is 5.40. The van der Waals surface area contributed by atoms with Gasteiger partial charge >= 0.3 is 0 Å². The van der Waals surface area contributed by atoms with Gasteiger partial charge in [0, 0.05) is 0 Å². The van der Waals surface area contributed by atoms with Crippen LogP contribution in [-0.4, -0.2) is 25.5 Å². The van der Waals surface area contributed by atoms with E-state index in [4.69, 9.17) is 23.2 Å². The highest BCUT2D eigenvalue weighted by atomic mass is 35.5. The zero-order valence-corrected chi connectivity index (χ0v) is 12.3. The van der Waals surface area contributed by atoms with E-state index in [1.807, 2.05) is 13.8 Å². The van der Waals surface area contributed by atoms with Crippen LogP contribution in [0.2, 0.25) is 10.3 Å².